The van der Waals surface area contributed by atoms with Crippen molar-refractivity contribution in [3.63, 3.8) is 0 Å². The van der Waals surface area contributed by atoms with Gasteiger partial charge in [0.05, 0.1) is 6.10 Å². The number of carboxylic acid groups (broad SMARTS) is 1. The summed E-state index contributed by atoms with van der Waals surface area (Å²) >= 11 is 0. The first-order valence-corrected chi connectivity index (χ1v) is 6.92. The van der Waals surface area contributed by atoms with Gasteiger partial charge in [-0.05, 0) is 37.5 Å². The Kier molecular flexibility index (Phi) is 4.98. The predicted molar refractivity (Wildman–Crippen MR) is 74.7 cm³/mol. The SMILES string of the molecule is CC(c1cccc(O)c1)N1CCC(OCC(=O)O)CC1. The van der Waals surface area contributed by atoms with E-state index >= 15 is 0 Å². The first-order chi connectivity index (χ1) is 9.56. The molecule has 5 nitrogen and oxygen atoms in total. The van der Waals surface area contributed by atoms with Crippen LogP contribution in [0.3, 0.4) is 0 Å². The maximum absolute atomic E-state index is 10.5. The Labute approximate surface area is 118 Å². The normalized spacial score (nSPS) is 18.9. The van der Waals surface area contributed by atoms with Gasteiger partial charge < -0.3 is 14.9 Å². The molecule has 0 radical (unpaired) electrons. The molecule has 0 spiro atoms. The van der Waals surface area contributed by atoms with Crippen LogP contribution in [0.1, 0.15) is 31.4 Å². The number of aliphatic carboxylic acids is 1. The van der Waals surface area contributed by atoms with Gasteiger partial charge in [-0.3, -0.25) is 4.90 Å². The van der Waals surface area contributed by atoms with Gasteiger partial charge in [0.2, 0.25) is 0 Å². The molecule has 1 unspecified atom stereocenters. The fourth-order valence-electron chi connectivity index (χ4n) is 2.61. The van der Waals surface area contributed by atoms with Crippen molar-refractivity contribution in [2.45, 2.75) is 31.9 Å². The Morgan fingerprint density at radius 3 is 2.75 bits per heavy atom. The molecular formula is C15H21NO4. The molecule has 1 saturated heterocycles. The monoisotopic (exact) mass is 279 g/mol. The molecule has 110 valence electrons. The van der Waals surface area contributed by atoms with E-state index in [-0.39, 0.29) is 24.5 Å². The third-order valence-corrected chi connectivity index (χ3v) is 3.82. The fraction of sp³-hybridized carbons (Fsp3) is 0.533. The number of hydrogen-bond acceptors (Lipinski definition) is 4. The van der Waals surface area contributed by atoms with Crippen LogP contribution in [0.15, 0.2) is 24.3 Å². The minimum Gasteiger partial charge on any atom is -0.508 e. The van der Waals surface area contributed by atoms with Gasteiger partial charge in [0.25, 0.3) is 0 Å². The Bertz CT molecular complexity index is 455. The molecule has 0 aliphatic carbocycles. The number of carbonyl (C=O) groups is 1. The van der Waals surface area contributed by atoms with Crippen LogP contribution >= 0.6 is 0 Å². The van der Waals surface area contributed by atoms with E-state index in [9.17, 15) is 9.90 Å². The van der Waals surface area contributed by atoms with Crippen LogP contribution in [-0.4, -0.2) is 46.9 Å². The standard InChI is InChI=1S/C15H21NO4/c1-11(12-3-2-4-13(17)9-12)16-7-5-14(6-8-16)20-10-15(18)19/h2-4,9,11,14,17H,5-8,10H2,1H3,(H,18,19). The zero-order valence-corrected chi connectivity index (χ0v) is 11.7. The predicted octanol–water partition coefficient (Wildman–Crippen LogP) is 2.02. The molecule has 0 aromatic heterocycles. The highest BCUT2D eigenvalue weighted by Crippen LogP contribution is 2.26. The van der Waals surface area contributed by atoms with Crippen LogP contribution in [0, 0.1) is 0 Å². The number of carboxylic acids is 1. The van der Waals surface area contributed by atoms with E-state index in [1.807, 2.05) is 12.1 Å². The van der Waals surface area contributed by atoms with E-state index < -0.39 is 5.97 Å². The summed E-state index contributed by atoms with van der Waals surface area (Å²) in [5.41, 5.74) is 1.09. The van der Waals surface area contributed by atoms with Crippen LogP contribution < -0.4 is 0 Å². The van der Waals surface area contributed by atoms with Crippen molar-refractivity contribution in [2.75, 3.05) is 19.7 Å². The van der Waals surface area contributed by atoms with Crippen LogP contribution in [0.2, 0.25) is 0 Å². The van der Waals surface area contributed by atoms with Gasteiger partial charge in [0.15, 0.2) is 0 Å². The molecule has 0 saturated carbocycles. The lowest BCUT2D eigenvalue weighted by molar-refractivity contribution is -0.145. The van der Waals surface area contributed by atoms with Crippen molar-refractivity contribution < 1.29 is 19.7 Å². The molecule has 2 rings (SSSR count). The van der Waals surface area contributed by atoms with Crippen molar-refractivity contribution in [1.29, 1.82) is 0 Å². The third-order valence-electron chi connectivity index (χ3n) is 3.82. The van der Waals surface area contributed by atoms with Gasteiger partial charge in [-0.15, -0.1) is 0 Å². The summed E-state index contributed by atoms with van der Waals surface area (Å²) in [5, 5.41) is 18.1. The lowest BCUT2D eigenvalue weighted by atomic mass is 10.0. The number of rotatable bonds is 5. The van der Waals surface area contributed by atoms with E-state index in [4.69, 9.17) is 9.84 Å². The van der Waals surface area contributed by atoms with Gasteiger partial charge in [0, 0.05) is 19.1 Å². The Morgan fingerprint density at radius 2 is 2.15 bits per heavy atom. The van der Waals surface area contributed by atoms with E-state index in [1.165, 1.54) is 0 Å². The lowest BCUT2D eigenvalue weighted by Gasteiger charge is -2.36. The highest BCUT2D eigenvalue weighted by Gasteiger charge is 2.24. The average Bonchev–Trinajstić information content (AvgIpc) is 2.45. The minimum absolute atomic E-state index is 0.0405. The first kappa shape index (κ1) is 14.8. The molecule has 1 aromatic carbocycles. The topological polar surface area (TPSA) is 70.0 Å². The van der Waals surface area contributed by atoms with Crippen molar-refractivity contribution in [2.24, 2.45) is 0 Å². The number of phenols is 1. The molecule has 1 heterocycles. The molecule has 0 bridgehead atoms. The molecule has 1 aliphatic rings. The van der Waals surface area contributed by atoms with Gasteiger partial charge in [-0.1, -0.05) is 12.1 Å². The van der Waals surface area contributed by atoms with Crippen LogP contribution in [0.25, 0.3) is 0 Å². The smallest absolute Gasteiger partial charge is 0.329 e. The quantitative estimate of drug-likeness (QED) is 0.863. The number of phenolic OH excluding ortho intramolecular Hbond substituents is 1. The zero-order valence-electron chi connectivity index (χ0n) is 11.7. The number of hydrogen-bond donors (Lipinski definition) is 2. The van der Waals surface area contributed by atoms with Crippen LogP contribution in [-0.2, 0) is 9.53 Å². The van der Waals surface area contributed by atoms with Gasteiger partial charge >= 0.3 is 5.97 Å². The second kappa shape index (κ2) is 6.72. The molecule has 0 amide bonds. The Hall–Kier alpha value is -1.59. The number of piperidine rings is 1. The molecule has 2 N–H and O–H groups in total. The van der Waals surface area contributed by atoms with Gasteiger partial charge in [0.1, 0.15) is 12.4 Å². The second-order valence-corrected chi connectivity index (χ2v) is 5.21. The van der Waals surface area contributed by atoms with E-state index in [0.717, 1.165) is 31.5 Å². The van der Waals surface area contributed by atoms with Crippen molar-refractivity contribution in [3.05, 3.63) is 29.8 Å². The summed E-state index contributed by atoms with van der Waals surface area (Å²) in [7, 11) is 0. The van der Waals surface area contributed by atoms with Gasteiger partial charge in [-0.2, -0.15) is 0 Å². The highest BCUT2D eigenvalue weighted by molar-refractivity contribution is 5.68. The largest absolute Gasteiger partial charge is 0.508 e. The summed E-state index contributed by atoms with van der Waals surface area (Å²) < 4.78 is 5.33. The zero-order chi connectivity index (χ0) is 14.5. The summed E-state index contributed by atoms with van der Waals surface area (Å²) in [6.45, 7) is 3.65. The molecule has 20 heavy (non-hydrogen) atoms. The molecule has 1 aromatic rings. The first-order valence-electron chi connectivity index (χ1n) is 6.92. The second-order valence-electron chi connectivity index (χ2n) is 5.21. The summed E-state index contributed by atoms with van der Waals surface area (Å²) in [5.74, 6) is -0.630. The Morgan fingerprint density at radius 1 is 1.45 bits per heavy atom. The minimum atomic E-state index is -0.916. The summed E-state index contributed by atoms with van der Waals surface area (Å²) in [6.07, 6.45) is 1.73. The fourth-order valence-corrected chi connectivity index (χ4v) is 2.61. The van der Waals surface area contributed by atoms with E-state index in [0.29, 0.717) is 0 Å². The Balaban J connectivity index is 1.85. The highest BCUT2D eigenvalue weighted by atomic mass is 16.5. The van der Waals surface area contributed by atoms with Crippen molar-refractivity contribution in [1.82, 2.24) is 4.90 Å². The lowest BCUT2D eigenvalue weighted by Crippen LogP contribution is -2.39. The average molecular weight is 279 g/mol. The molecule has 5 heteroatoms. The maximum Gasteiger partial charge on any atom is 0.329 e. The molecular weight excluding hydrogens is 258 g/mol. The molecule has 1 fully saturated rings. The van der Waals surface area contributed by atoms with Crippen LogP contribution in [0.4, 0.5) is 0 Å². The van der Waals surface area contributed by atoms with Gasteiger partial charge in [-0.25, -0.2) is 4.79 Å². The van der Waals surface area contributed by atoms with Crippen LogP contribution in [0.5, 0.6) is 5.75 Å². The number of ether oxygens (including phenoxy) is 1. The van der Waals surface area contributed by atoms with Crippen molar-refractivity contribution in [3.8, 4) is 5.75 Å². The molecule has 1 aliphatic heterocycles. The molecule has 1 atom stereocenters. The number of benzene rings is 1. The van der Waals surface area contributed by atoms with Crippen molar-refractivity contribution >= 4 is 5.97 Å². The summed E-state index contributed by atoms with van der Waals surface area (Å²) in [4.78, 5) is 12.8. The summed E-state index contributed by atoms with van der Waals surface area (Å²) in [6, 6.07) is 7.56. The third kappa shape index (κ3) is 3.95. The van der Waals surface area contributed by atoms with E-state index in [2.05, 4.69) is 11.8 Å². The maximum atomic E-state index is 10.5. The number of likely N-dealkylation sites (tertiary alicyclic amines) is 1. The van der Waals surface area contributed by atoms with E-state index in [1.54, 1.807) is 12.1 Å². The number of nitrogens with zero attached hydrogens (tertiary/aromatic N) is 1. The number of aromatic hydroxyl groups is 1.